The average molecular weight is 494 g/mol. The van der Waals surface area contributed by atoms with Crippen LogP contribution in [0.25, 0.3) is 10.2 Å². The quantitative estimate of drug-likeness (QED) is 0.414. The lowest BCUT2D eigenvalue weighted by molar-refractivity contribution is 0.0529. The van der Waals surface area contributed by atoms with E-state index in [0.717, 1.165) is 11.3 Å². The second-order valence-electron chi connectivity index (χ2n) is 7.91. The smallest absolute Gasteiger partial charge is 0.348 e. The van der Waals surface area contributed by atoms with Crippen LogP contribution in [0.3, 0.4) is 0 Å². The maximum Gasteiger partial charge on any atom is 0.348 e. The van der Waals surface area contributed by atoms with Gasteiger partial charge in [-0.3, -0.25) is 9.69 Å². The number of aliphatic hydroxyl groups is 1. The standard InChI is InChI=1S/C23H28ClN3O5S/c1-5-31-23(30)20-14(4)19-21(29)25-18(26-22(19)33-20)11-27(13(2)3)10-16(28)12-32-17-8-6-15(24)7-9-17/h6-9,13,16,28H,5,10-12H2,1-4H3,(H,25,26,29)/t16-/m0/s1. The van der Waals surface area contributed by atoms with E-state index in [2.05, 4.69) is 9.97 Å². The van der Waals surface area contributed by atoms with E-state index in [0.29, 0.717) is 50.3 Å². The minimum Gasteiger partial charge on any atom is -0.491 e. The first-order valence-corrected chi connectivity index (χ1v) is 11.9. The number of nitrogens with one attached hydrogen (secondary N) is 1. The number of aromatic nitrogens is 2. The summed E-state index contributed by atoms with van der Waals surface area (Å²) in [5.41, 5.74) is 0.277. The number of aromatic amines is 1. The summed E-state index contributed by atoms with van der Waals surface area (Å²) >= 11 is 7.03. The van der Waals surface area contributed by atoms with Gasteiger partial charge in [-0.25, -0.2) is 9.78 Å². The molecule has 1 atom stereocenters. The van der Waals surface area contributed by atoms with Crippen molar-refractivity contribution < 1.29 is 19.4 Å². The fourth-order valence-electron chi connectivity index (χ4n) is 3.35. The van der Waals surface area contributed by atoms with Crippen molar-refractivity contribution in [2.45, 2.75) is 46.4 Å². The van der Waals surface area contributed by atoms with Crippen molar-refractivity contribution in [1.29, 1.82) is 0 Å². The Kier molecular flexibility index (Phi) is 8.47. The number of hydrogen-bond acceptors (Lipinski definition) is 8. The molecular formula is C23H28ClN3O5S. The highest BCUT2D eigenvalue weighted by molar-refractivity contribution is 7.20. The Bertz CT molecular complexity index is 1160. The number of fused-ring (bicyclic) bond motifs is 1. The van der Waals surface area contributed by atoms with Crippen LogP contribution >= 0.6 is 22.9 Å². The topological polar surface area (TPSA) is 105 Å². The molecule has 0 unspecified atom stereocenters. The number of esters is 1. The summed E-state index contributed by atoms with van der Waals surface area (Å²) in [5, 5.41) is 11.5. The molecule has 3 aromatic rings. The molecule has 33 heavy (non-hydrogen) atoms. The van der Waals surface area contributed by atoms with Crippen molar-refractivity contribution in [3.05, 3.63) is 55.9 Å². The largest absolute Gasteiger partial charge is 0.491 e. The highest BCUT2D eigenvalue weighted by atomic mass is 35.5. The van der Waals surface area contributed by atoms with Gasteiger partial charge in [-0.15, -0.1) is 11.3 Å². The number of halogens is 1. The number of carbonyl (C=O) groups excluding carboxylic acids is 1. The Morgan fingerprint density at radius 1 is 1.30 bits per heavy atom. The summed E-state index contributed by atoms with van der Waals surface area (Å²) in [5.74, 6) is 0.631. The second-order valence-corrected chi connectivity index (χ2v) is 9.35. The molecule has 0 saturated carbocycles. The van der Waals surface area contributed by atoms with Gasteiger partial charge in [-0.1, -0.05) is 11.6 Å². The molecule has 0 spiro atoms. The van der Waals surface area contributed by atoms with E-state index in [1.54, 1.807) is 38.1 Å². The lowest BCUT2D eigenvalue weighted by atomic mass is 10.2. The van der Waals surface area contributed by atoms with Crippen LogP contribution in [0.1, 0.15) is 41.8 Å². The van der Waals surface area contributed by atoms with Crippen LogP contribution < -0.4 is 10.3 Å². The number of benzene rings is 1. The molecule has 0 aliphatic heterocycles. The van der Waals surface area contributed by atoms with Gasteiger partial charge in [0, 0.05) is 17.6 Å². The maximum absolute atomic E-state index is 12.7. The molecule has 0 fully saturated rings. The van der Waals surface area contributed by atoms with Crippen molar-refractivity contribution in [3.8, 4) is 5.75 Å². The van der Waals surface area contributed by atoms with Gasteiger partial charge in [0.05, 0.1) is 18.5 Å². The maximum atomic E-state index is 12.7. The number of aliphatic hydroxyl groups excluding tert-OH is 1. The van der Waals surface area contributed by atoms with Crippen LogP contribution in [-0.2, 0) is 11.3 Å². The molecule has 2 heterocycles. The van der Waals surface area contributed by atoms with E-state index in [4.69, 9.17) is 21.1 Å². The molecule has 0 bridgehead atoms. The van der Waals surface area contributed by atoms with Gasteiger partial charge in [-0.2, -0.15) is 0 Å². The van der Waals surface area contributed by atoms with Gasteiger partial charge >= 0.3 is 5.97 Å². The molecule has 0 saturated heterocycles. The first-order valence-electron chi connectivity index (χ1n) is 10.7. The fourth-order valence-corrected chi connectivity index (χ4v) is 4.57. The fraction of sp³-hybridized carbons (Fsp3) is 0.435. The molecule has 2 N–H and O–H groups in total. The van der Waals surface area contributed by atoms with Crippen LogP contribution in [-0.4, -0.2) is 57.8 Å². The summed E-state index contributed by atoms with van der Waals surface area (Å²) in [6.45, 7) is 8.47. The van der Waals surface area contributed by atoms with Crippen molar-refractivity contribution in [2.75, 3.05) is 19.8 Å². The van der Waals surface area contributed by atoms with Crippen LogP contribution in [0.4, 0.5) is 0 Å². The molecule has 0 aliphatic rings. The lowest BCUT2D eigenvalue weighted by Gasteiger charge is -2.28. The molecule has 178 valence electrons. The van der Waals surface area contributed by atoms with Crippen molar-refractivity contribution >= 4 is 39.1 Å². The third kappa shape index (κ3) is 6.32. The molecule has 0 radical (unpaired) electrons. The normalized spacial score (nSPS) is 12.5. The molecule has 0 aliphatic carbocycles. The molecular weight excluding hydrogens is 466 g/mol. The van der Waals surface area contributed by atoms with Gasteiger partial charge in [0.2, 0.25) is 0 Å². The van der Waals surface area contributed by atoms with Crippen LogP contribution in [0.5, 0.6) is 5.75 Å². The van der Waals surface area contributed by atoms with E-state index < -0.39 is 12.1 Å². The van der Waals surface area contributed by atoms with Crippen molar-refractivity contribution in [1.82, 2.24) is 14.9 Å². The van der Waals surface area contributed by atoms with Gasteiger partial charge in [-0.05, 0) is 57.5 Å². The van der Waals surface area contributed by atoms with Crippen LogP contribution in [0.15, 0.2) is 29.1 Å². The predicted molar refractivity (Wildman–Crippen MR) is 129 cm³/mol. The van der Waals surface area contributed by atoms with Crippen molar-refractivity contribution in [2.24, 2.45) is 0 Å². The average Bonchev–Trinajstić information content (AvgIpc) is 3.10. The van der Waals surface area contributed by atoms with Crippen LogP contribution in [0.2, 0.25) is 5.02 Å². The minimum absolute atomic E-state index is 0.0799. The molecule has 2 aromatic heterocycles. The van der Waals surface area contributed by atoms with E-state index in [9.17, 15) is 14.7 Å². The second kappa shape index (κ2) is 11.1. The third-order valence-corrected chi connectivity index (χ3v) is 6.51. The van der Waals surface area contributed by atoms with Gasteiger partial charge in [0.1, 0.15) is 34.0 Å². The highest BCUT2D eigenvalue weighted by Crippen LogP contribution is 2.28. The summed E-state index contributed by atoms with van der Waals surface area (Å²) < 4.78 is 10.7. The van der Waals surface area contributed by atoms with Crippen LogP contribution in [0, 0.1) is 6.92 Å². The first-order chi connectivity index (χ1) is 15.7. The summed E-state index contributed by atoms with van der Waals surface area (Å²) in [7, 11) is 0. The summed E-state index contributed by atoms with van der Waals surface area (Å²) in [4.78, 5) is 35.2. The minimum atomic E-state index is -0.752. The highest BCUT2D eigenvalue weighted by Gasteiger charge is 2.22. The molecule has 8 nitrogen and oxygen atoms in total. The number of aryl methyl sites for hydroxylation is 1. The van der Waals surface area contributed by atoms with Crippen molar-refractivity contribution in [3.63, 3.8) is 0 Å². The van der Waals surface area contributed by atoms with Gasteiger partial charge in [0.15, 0.2) is 0 Å². The number of carbonyl (C=O) groups is 1. The summed E-state index contributed by atoms with van der Waals surface area (Å²) in [6, 6.07) is 7.01. The van der Waals surface area contributed by atoms with Gasteiger partial charge in [0.25, 0.3) is 5.56 Å². The Hall–Kier alpha value is -2.46. The monoisotopic (exact) mass is 493 g/mol. The number of nitrogens with zero attached hydrogens (tertiary/aromatic N) is 2. The molecule has 10 heteroatoms. The van der Waals surface area contributed by atoms with Gasteiger partial charge < -0.3 is 19.6 Å². The number of thiophene rings is 1. The molecule has 0 amide bonds. The summed E-state index contributed by atoms with van der Waals surface area (Å²) in [6.07, 6.45) is -0.752. The van der Waals surface area contributed by atoms with E-state index in [1.165, 1.54) is 0 Å². The molecule has 3 rings (SSSR count). The Balaban J connectivity index is 1.73. The zero-order valence-corrected chi connectivity index (χ0v) is 20.6. The van der Waals surface area contributed by atoms with E-state index >= 15 is 0 Å². The molecule has 1 aromatic carbocycles. The SMILES string of the molecule is CCOC(=O)c1sc2nc(CN(C[C@H](O)COc3ccc(Cl)cc3)C(C)C)[nH]c(=O)c2c1C. The zero-order chi connectivity index (χ0) is 24.1. The number of rotatable bonds is 10. The zero-order valence-electron chi connectivity index (χ0n) is 19.1. The Labute approximate surface area is 201 Å². The predicted octanol–water partition coefficient (Wildman–Crippen LogP) is 3.77. The number of ether oxygens (including phenoxy) is 2. The lowest BCUT2D eigenvalue weighted by Crippen LogP contribution is -2.40. The Morgan fingerprint density at radius 2 is 2.00 bits per heavy atom. The first kappa shape index (κ1) is 25.2. The number of hydrogen-bond donors (Lipinski definition) is 2. The van der Waals surface area contributed by atoms with E-state index in [-0.39, 0.29) is 24.8 Å². The Morgan fingerprint density at radius 3 is 2.64 bits per heavy atom. The van der Waals surface area contributed by atoms with E-state index in [1.807, 2.05) is 18.7 Å². The number of H-pyrrole nitrogens is 1. The third-order valence-electron chi connectivity index (χ3n) is 5.09.